The minimum atomic E-state index is -0.403. The molecule has 0 saturated carbocycles. The van der Waals surface area contributed by atoms with E-state index in [9.17, 15) is 10.1 Å². The second-order valence-electron chi connectivity index (χ2n) is 7.75. The molecule has 1 fully saturated rings. The number of furan rings is 1. The SMILES string of the molecule is CC(NC(=NCc1ccc([N+](=O)[O-])cc1)NCC1CCOC1)c1cc2ccccc2o1. The molecule has 8 heteroatoms. The molecule has 0 bridgehead atoms. The smallest absolute Gasteiger partial charge is 0.269 e. The number of nitrogens with zero attached hydrogens (tertiary/aromatic N) is 2. The summed E-state index contributed by atoms with van der Waals surface area (Å²) in [6.45, 7) is 4.74. The van der Waals surface area contributed by atoms with E-state index in [1.165, 1.54) is 12.1 Å². The Morgan fingerprint density at radius 2 is 2.06 bits per heavy atom. The van der Waals surface area contributed by atoms with E-state index in [1.54, 1.807) is 12.1 Å². The number of hydrogen-bond acceptors (Lipinski definition) is 5. The van der Waals surface area contributed by atoms with Crippen LogP contribution in [0.25, 0.3) is 11.0 Å². The van der Waals surface area contributed by atoms with Crippen molar-refractivity contribution in [1.82, 2.24) is 10.6 Å². The number of non-ortho nitro benzene ring substituents is 1. The van der Waals surface area contributed by atoms with Gasteiger partial charge in [0.05, 0.1) is 24.1 Å². The van der Waals surface area contributed by atoms with Gasteiger partial charge in [-0.3, -0.25) is 10.1 Å². The molecule has 1 saturated heterocycles. The van der Waals surface area contributed by atoms with Crippen molar-refractivity contribution in [2.45, 2.75) is 25.9 Å². The molecular weight excluding hydrogens is 396 g/mol. The van der Waals surface area contributed by atoms with E-state index < -0.39 is 4.92 Å². The summed E-state index contributed by atoms with van der Waals surface area (Å²) in [5.74, 6) is 1.95. The lowest BCUT2D eigenvalue weighted by atomic mass is 10.1. The van der Waals surface area contributed by atoms with Crippen LogP contribution in [-0.4, -0.2) is 30.6 Å². The molecule has 0 amide bonds. The van der Waals surface area contributed by atoms with E-state index in [4.69, 9.17) is 14.1 Å². The zero-order chi connectivity index (χ0) is 21.6. The first-order valence-corrected chi connectivity index (χ1v) is 10.4. The summed E-state index contributed by atoms with van der Waals surface area (Å²) in [5.41, 5.74) is 1.82. The second kappa shape index (κ2) is 9.61. The Labute approximate surface area is 180 Å². The summed E-state index contributed by atoms with van der Waals surface area (Å²) in [5, 5.41) is 18.7. The molecule has 4 rings (SSSR count). The number of hydrogen-bond donors (Lipinski definition) is 2. The van der Waals surface area contributed by atoms with Crippen molar-refractivity contribution in [3.05, 3.63) is 76.0 Å². The summed E-state index contributed by atoms with van der Waals surface area (Å²) in [7, 11) is 0. The Hall–Kier alpha value is -3.39. The maximum Gasteiger partial charge on any atom is 0.269 e. The van der Waals surface area contributed by atoms with Gasteiger partial charge in [-0.2, -0.15) is 0 Å². The predicted octanol–water partition coefficient (Wildman–Crippen LogP) is 4.17. The van der Waals surface area contributed by atoms with E-state index in [0.717, 1.165) is 48.5 Å². The number of nitro groups is 1. The molecule has 0 aliphatic carbocycles. The molecule has 2 atom stereocenters. The zero-order valence-corrected chi connectivity index (χ0v) is 17.4. The van der Waals surface area contributed by atoms with Crippen molar-refractivity contribution in [3.8, 4) is 0 Å². The minimum Gasteiger partial charge on any atom is -0.459 e. The van der Waals surface area contributed by atoms with Gasteiger partial charge in [-0.15, -0.1) is 0 Å². The lowest BCUT2D eigenvalue weighted by molar-refractivity contribution is -0.384. The van der Waals surface area contributed by atoms with Crippen LogP contribution in [0, 0.1) is 16.0 Å². The molecular formula is C23H26N4O4. The van der Waals surface area contributed by atoms with Gasteiger partial charge < -0.3 is 19.8 Å². The molecule has 162 valence electrons. The van der Waals surface area contributed by atoms with Crippen LogP contribution in [0.3, 0.4) is 0 Å². The van der Waals surface area contributed by atoms with Gasteiger partial charge in [-0.25, -0.2) is 4.99 Å². The van der Waals surface area contributed by atoms with Crippen molar-refractivity contribution in [2.24, 2.45) is 10.9 Å². The highest BCUT2D eigenvalue weighted by Crippen LogP contribution is 2.23. The Morgan fingerprint density at radius 1 is 1.26 bits per heavy atom. The maximum absolute atomic E-state index is 10.8. The molecule has 1 aromatic heterocycles. The summed E-state index contributed by atoms with van der Waals surface area (Å²) in [6, 6.07) is 16.3. The molecule has 2 aromatic carbocycles. The minimum absolute atomic E-state index is 0.0731. The van der Waals surface area contributed by atoms with Crippen molar-refractivity contribution in [3.63, 3.8) is 0 Å². The highest BCUT2D eigenvalue weighted by atomic mass is 16.6. The molecule has 2 N–H and O–H groups in total. The van der Waals surface area contributed by atoms with E-state index in [2.05, 4.69) is 10.6 Å². The summed E-state index contributed by atoms with van der Waals surface area (Å²) in [6.07, 6.45) is 1.03. The van der Waals surface area contributed by atoms with Gasteiger partial charge in [0.15, 0.2) is 5.96 Å². The van der Waals surface area contributed by atoms with E-state index >= 15 is 0 Å². The number of para-hydroxylation sites is 1. The van der Waals surface area contributed by atoms with Gasteiger partial charge in [-0.1, -0.05) is 30.3 Å². The topological polar surface area (TPSA) is 102 Å². The highest BCUT2D eigenvalue weighted by Gasteiger charge is 2.18. The van der Waals surface area contributed by atoms with Gasteiger partial charge in [0.2, 0.25) is 0 Å². The number of aliphatic imine (C=N–C) groups is 1. The van der Waals surface area contributed by atoms with Crippen LogP contribution in [0.15, 0.2) is 64.0 Å². The fourth-order valence-electron chi connectivity index (χ4n) is 3.52. The van der Waals surface area contributed by atoms with E-state index in [-0.39, 0.29) is 11.7 Å². The van der Waals surface area contributed by atoms with E-state index in [0.29, 0.717) is 18.4 Å². The van der Waals surface area contributed by atoms with Crippen LogP contribution < -0.4 is 10.6 Å². The number of guanidine groups is 1. The number of rotatable bonds is 7. The van der Waals surface area contributed by atoms with Crippen LogP contribution in [-0.2, 0) is 11.3 Å². The molecule has 1 aliphatic rings. The lowest BCUT2D eigenvalue weighted by Crippen LogP contribution is -2.41. The third kappa shape index (κ3) is 5.40. The Bertz CT molecular complexity index is 1020. The maximum atomic E-state index is 10.8. The third-order valence-corrected chi connectivity index (χ3v) is 5.37. The fraction of sp³-hybridized carbons (Fsp3) is 0.348. The standard InChI is InChI=1S/C23H26N4O4/c1-16(22-12-19-4-2-3-5-21(19)31-22)26-23(25-14-18-10-11-30-15-18)24-13-17-6-8-20(9-7-17)27(28)29/h2-9,12,16,18H,10-11,13-15H2,1H3,(H2,24,25,26). The lowest BCUT2D eigenvalue weighted by Gasteiger charge is -2.18. The molecule has 2 unspecified atom stereocenters. The molecule has 1 aliphatic heterocycles. The average molecular weight is 422 g/mol. The number of nitro benzene ring substituents is 1. The van der Waals surface area contributed by atoms with Gasteiger partial charge in [0.25, 0.3) is 5.69 Å². The summed E-state index contributed by atoms with van der Waals surface area (Å²) >= 11 is 0. The Morgan fingerprint density at radius 3 is 2.77 bits per heavy atom. The van der Waals surface area contributed by atoms with Crippen molar-refractivity contribution >= 4 is 22.6 Å². The molecule has 8 nitrogen and oxygen atoms in total. The fourth-order valence-corrected chi connectivity index (χ4v) is 3.52. The normalized spacial score (nSPS) is 17.6. The quantitative estimate of drug-likeness (QED) is 0.256. The van der Waals surface area contributed by atoms with Crippen LogP contribution >= 0.6 is 0 Å². The summed E-state index contributed by atoms with van der Waals surface area (Å²) < 4.78 is 11.4. The highest BCUT2D eigenvalue weighted by molar-refractivity contribution is 5.81. The number of benzene rings is 2. The van der Waals surface area contributed by atoms with Crippen LogP contribution in [0.4, 0.5) is 5.69 Å². The van der Waals surface area contributed by atoms with Crippen molar-refractivity contribution in [1.29, 1.82) is 0 Å². The molecule has 3 aromatic rings. The molecule has 31 heavy (non-hydrogen) atoms. The third-order valence-electron chi connectivity index (χ3n) is 5.37. The van der Waals surface area contributed by atoms with Crippen LogP contribution in [0.1, 0.15) is 30.7 Å². The Kier molecular flexibility index (Phi) is 6.47. The molecule has 0 radical (unpaired) electrons. The average Bonchev–Trinajstić information content (AvgIpc) is 3.45. The van der Waals surface area contributed by atoms with Gasteiger partial charge in [0.1, 0.15) is 11.3 Å². The van der Waals surface area contributed by atoms with Crippen LogP contribution in [0.2, 0.25) is 0 Å². The van der Waals surface area contributed by atoms with Gasteiger partial charge in [0, 0.05) is 36.6 Å². The first-order chi connectivity index (χ1) is 15.1. The Balaban J connectivity index is 1.46. The van der Waals surface area contributed by atoms with Crippen molar-refractivity contribution < 1.29 is 14.1 Å². The zero-order valence-electron chi connectivity index (χ0n) is 17.4. The van der Waals surface area contributed by atoms with Gasteiger partial charge >= 0.3 is 0 Å². The first-order valence-electron chi connectivity index (χ1n) is 10.4. The molecule has 0 spiro atoms. The number of ether oxygens (including phenoxy) is 1. The summed E-state index contributed by atoms with van der Waals surface area (Å²) in [4.78, 5) is 15.1. The predicted molar refractivity (Wildman–Crippen MR) is 119 cm³/mol. The number of nitrogens with one attached hydrogen (secondary N) is 2. The second-order valence-corrected chi connectivity index (χ2v) is 7.75. The molecule has 2 heterocycles. The van der Waals surface area contributed by atoms with Gasteiger partial charge in [-0.05, 0) is 31.0 Å². The first kappa shape index (κ1) is 20.9. The largest absolute Gasteiger partial charge is 0.459 e. The van der Waals surface area contributed by atoms with Crippen LogP contribution in [0.5, 0.6) is 0 Å². The van der Waals surface area contributed by atoms with E-state index in [1.807, 2.05) is 37.3 Å². The number of fused-ring (bicyclic) bond motifs is 1. The van der Waals surface area contributed by atoms with Crippen molar-refractivity contribution in [2.75, 3.05) is 19.8 Å². The monoisotopic (exact) mass is 422 g/mol.